The second-order valence-electron chi connectivity index (χ2n) is 6.83. The molecule has 1 N–H and O–H groups in total. The average molecular weight is 381 g/mol. The zero-order chi connectivity index (χ0) is 18.2. The van der Waals surface area contributed by atoms with Crippen LogP contribution in [0.2, 0.25) is 0 Å². The standard InChI is InChI=1S/C19H19N5O2S/c25-19-20-14-5-4-13(12-17(14)26-19)6-7-23-8-10-24(11-9-23)16-3-1-2-15-18(16)22-27-21-15/h1-5,12H,6-11H2,(H,20,25). The fourth-order valence-corrected chi connectivity index (χ4v) is 4.24. The fourth-order valence-electron chi connectivity index (χ4n) is 3.69. The van der Waals surface area contributed by atoms with Crippen LogP contribution < -0.4 is 10.7 Å². The van der Waals surface area contributed by atoms with Crippen molar-refractivity contribution in [3.05, 3.63) is 52.5 Å². The van der Waals surface area contributed by atoms with Crippen LogP contribution in [0.3, 0.4) is 0 Å². The summed E-state index contributed by atoms with van der Waals surface area (Å²) in [4.78, 5) is 18.8. The van der Waals surface area contributed by atoms with Crippen molar-refractivity contribution in [3.8, 4) is 0 Å². The molecule has 0 aliphatic carbocycles. The van der Waals surface area contributed by atoms with E-state index in [9.17, 15) is 4.79 Å². The highest BCUT2D eigenvalue weighted by Crippen LogP contribution is 2.26. The number of nitrogens with zero attached hydrogens (tertiary/aromatic N) is 4. The van der Waals surface area contributed by atoms with Gasteiger partial charge in [-0.05, 0) is 36.2 Å². The minimum atomic E-state index is -0.399. The molecule has 0 atom stereocenters. The number of hydrogen-bond donors (Lipinski definition) is 1. The maximum absolute atomic E-state index is 11.3. The summed E-state index contributed by atoms with van der Waals surface area (Å²) in [6.45, 7) is 5.02. The Hall–Kier alpha value is -2.71. The van der Waals surface area contributed by atoms with E-state index < -0.39 is 5.76 Å². The summed E-state index contributed by atoms with van der Waals surface area (Å²) < 4.78 is 13.9. The number of nitrogens with one attached hydrogen (secondary N) is 1. The third-order valence-corrected chi connectivity index (χ3v) is 5.72. The van der Waals surface area contributed by atoms with Gasteiger partial charge in [-0.25, -0.2) is 4.79 Å². The smallest absolute Gasteiger partial charge is 0.408 e. The summed E-state index contributed by atoms with van der Waals surface area (Å²) in [7, 11) is 0. The lowest BCUT2D eigenvalue weighted by Crippen LogP contribution is -2.47. The van der Waals surface area contributed by atoms with E-state index in [4.69, 9.17) is 4.42 Å². The number of rotatable bonds is 4. The van der Waals surface area contributed by atoms with Gasteiger partial charge in [-0.15, -0.1) is 0 Å². The van der Waals surface area contributed by atoms with Crippen molar-refractivity contribution in [1.82, 2.24) is 18.6 Å². The van der Waals surface area contributed by atoms with Gasteiger partial charge in [-0.3, -0.25) is 9.88 Å². The highest BCUT2D eigenvalue weighted by atomic mass is 32.1. The maximum Gasteiger partial charge on any atom is 0.417 e. The van der Waals surface area contributed by atoms with Gasteiger partial charge in [-0.1, -0.05) is 12.1 Å². The molecule has 1 fully saturated rings. The van der Waals surface area contributed by atoms with Crippen molar-refractivity contribution in [2.24, 2.45) is 0 Å². The zero-order valence-electron chi connectivity index (χ0n) is 14.7. The number of aromatic nitrogens is 3. The maximum atomic E-state index is 11.3. The summed E-state index contributed by atoms with van der Waals surface area (Å²) >= 11 is 1.27. The molecule has 7 nitrogen and oxygen atoms in total. The van der Waals surface area contributed by atoms with Crippen molar-refractivity contribution in [2.75, 3.05) is 37.6 Å². The van der Waals surface area contributed by atoms with E-state index in [1.54, 1.807) is 0 Å². The lowest BCUT2D eigenvalue weighted by molar-refractivity contribution is 0.261. The Kier molecular flexibility index (Phi) is 4.14. The number of anilines is 1. The van der Waals surface area contributed by atoms with Crippen LogP contribution in [0.4, 0.5) is 5.69 Å². The second kappa shape index (κ2) is 6.79. The molecule has 4 aromatic rings. The van der Waals surface area contributed by atoms with Gasteiger partial charge in [0.1, 0.15) is 11.0 Å². The van der Waals surface area contributed by atoms with Gasteiger partial charge in [0.05, 0.1) is 22.9 Å². The molecule has 0 bridgehead atoms. The first-order chi connectivity index (χ1) is 13.3. The Labute approximate surface area is 159 Å². The summed E-state index contributed by atoms with van der Waals surface area (Å²) in [5.41, 5.74) is 5.75. The van der Waals surface area contributed by atoms with E-state index in [1.165, 1.54) is 23.0 Å². The molecule has 0 unspecified atom stereocenters. The monoisotopic (exact) mass is 381 g/mol. The number of hydrogen-bond acceptors (Lipinski definition) is 7. The number of fused-ring (bicyclic) bond motifs is 2. The number of H-pyrrole nitrogens is 1. The lowest BCUT2D eigenvalue weighted by Gasteiger charge is -2.36. The van der Waals surface area contributed by atoms with E-state index in [2.05, 4.69) is 41.7 Å². The Morgan fingerprint density at radius 3 is 2.89 bits per heavy atom. The zero-order valence-corrected chi connectivity index (χ0v) is 15.5. The lowest BCUT2D eigenvalue weighted by atomic mass is 10.1. The van der Waals surface area contributed by atoms with Crippen molar-refractivity contribution < 1.29 is 4.42 Å². The molecular weight excluding hydrogens is 362 g/mol. The predicted molar refractivity (Wildman–Crippen MR) is 107 cm³/mol. The SMILES string of the molecule is O=c1[nH]c2ccc(CCN3CCN(c4cccc5nsnc45)CC3)cc2o1. The predicted octanol–water partition coefficient (Wildman–Crippen LogP) is 2.49. The highest BCUT2D eigenvalue weighted by Gasteiger charge is 2.19. The highest BCUT2D eigenvalue weighted by molar-refractivity contribution is 7.00. The Morgan fingerprint density at radius 2 is 2.00 bits per heavy atom. The molecule has 1 aliphatic rings. The fraction of sp³-hybridized carbons (Fsp3) is 0.316. The molecule has 5 rings (SSSR count). The minimum absolute atomic E-state index is 0.399. The third-order valence-electron chi connectivity index (χ3n) is 5.18. The largest absolute Gasteiger partial charge is 0.417 e. The van der Waals surface area contributed by atoms with Crippen LogP contribution in [-0.4, -0.2) is 51.4 Å². The molecule has 2 aromatic carbocycles. The van der Waals surface area contributed by atoms with Crippen LogP contribution in [0.15, 0.2) is 45.6 Å². The van der Waals surface area contributed by atoms with Crippen LogP contribution >= 0.6 is 11.7 Å². The van der Waals surface area contributed by atoms with Crippen molar-refractivity contribution in [2.45, 2.75) is 6.42 Å². The van der Waals surface area contributed by atoms with Gasteiger partial charge in [-0.2, -0.15) is 8.75 Å². The molecule has 2 aromatic heterocycles. The van der Waals surface area contributed by atoms with Crippen molar-refractivity contribution in [3.63, 3.8) is 0 Å². The molecular formula is C19H19N5O2S. The van der Waals surface area contributed by atoms with Crippen LogP contribution in [-0.2, 0) is 6.42 Å². The van der Waals surface area contributed by atoms with Gasteiger partial charge < -0.3 is 9.32 Å². The van der Waals surface area contributed by atoms with Gasteiger partial charge in [0, 0.05) is 32.7 Å². The Balaban J connectivity index is 1.21. The quantitative estimate of drug-likeness (QED) is 0.585. The molecule has 27 heavy (non-hydrogen) atoms. The normalized spacial score (nSPS) is 15.8. The molecule has 3 heterocycles. The summed E-state index contributed by atoms with van der Waals surface area (Å²) in [5.74, 6) is -0.399. The van der Waals surface area contributed by atoms with Gasteiger partial charge >= 0.3 is 5.76 Å². The third kappa shape index (κ3) is 3.22. The van der Waals surface area contributed by atoms with E-state index in [0.717, 1.165) is 55.7 Å². The molecule has 8 heteroatoms. The van der Waals surface area contributed by atoms with Crippen LogP contribution in [0.1, 0.15) is 5.56 Å². The molecule has 0 saturated carbocycles. The van der Waals surface area contributed by atoms with Crippen LogP contribution in [0.5, 0.6) is 0 Å². The Bertz CT molecular complexity index is 1140. The minimum Gasteiger partial charge on any atom is -0.408 e. The first kappa shape index (κ1) is 16.5. The number of benzene rings is 2. The van der Waals surface area contributed by atoms with Gasteiger partial charge in [0.2, 0.25) is 0 Å². The Morgan fingerprint density at radius 1 is 1.11 bits per heavy atom. The number of piperazine rings is 1. The molecule has 1 aliphatic heterocycles. The molecule has 0 amide bonds. The molecule has 0 radical (unpaired) electrons. The first-order valence-corrected chi connectivity index (χ1v) is 9.80. The molecule has 0 spiro atoms. The first-order valence-electron chi connectivity index (χ1n) is 9.07. The van der Waals surface area contributed by atoms with E-state index in [1.807, 2.05) is 18.2 Å². The van der Waals surface area contributed by atoms with Crippen molar-refractivity contribution >= 4 is 39.5 Å². The van der Waals surface area contributed by atoms with E-state index >= 15 is 0 Å². The topological polar surface area (TPSA) is 78.3 Å². The average Bonchev–Trinajstić information content (AvgIpc) is 3.31. The number of oxazole rings is 1. The van der Waals surface area contributed by atoms with E-state index in [0.29, 0.717) is 5.58 Å². The van der Waals surface area contributed by atoms with E-state index in [-0.39, 0.29) is 0 Å². The number of aromatic amines is 1. The molecule has 1 saturated heterocycles. The summed E-state index contributed by atoms with van der Waals surface area (Å²) in [6, 6.07) is 12.1. The summed E-state index contributed by atoms with van der Waals surface area (Å²) in [5, 5.41) is 0. The van der Waals surface area contributed by atoms with Crippen LogP contribution in [0, 0.1) is 0 Å². The summed E-state index contributed by atoms with van der Waals surface area (Å²) in [6.07, 6.45) is 0.941. The van der Waals surface area contributed by atoms with Crippen molar-refractivity contribution in [1.29, 1.82) is 0 Å². The van der Waals surface area contributed by atoms with Gasteiger partial charge in [0.25, 0.3) is 0 Å². The van der Waals surface area contributed by atoms with Crippen LogP contribution in [0.25, 0.3) is 22.1 Å². The second-order valence-corrected chi connectivity index (χ2v) is 7.36. The molecule has 138 valence electrons. The van der Waals surface area contributed by atoms with Gasteiger partial charge in [0.15, 0.2) is 5.58 Å².